The first-order valence-corrected chi connectivity index (χ1v) is 8.86. The van der Waals surface area contributed by atoms with E-state index in [0.29, 0.717) is 18.9 Å². The summed E-state index contributed by atoms with van der Waals surface area (Å²) in [5.74, 6) is 0.370. The molecule has 0 aliphatic heterocycles. The van der Waals surface area contributed by atoms with Crippen LogP contribution in [0.4, 0.5) is 10.3 Å². The molecule has 0 spiro atoms. The molecule has 1 aromatic heterocycles. The second-order valence-corrected chi connectivity index (χ2v) is 6.05. The number of rotatable bonds is 8. The van der Waals surface area contributed by atoms with E-state index in [1.54, 1.807) is 18.3 Å². The molecule has 0 aliphatic carbocycles. The van der Waals surface area contributed by atoms with Crippen molar-refractivity contribution in [3.05, 3.63) is 77.7 Å². The Labute approximate surface area is 153 Å². The first-order valence-electron chi connectivity index (χ1n) is 8.86. The summed E-state index contributed by atoms with van der Waals surface area (Å²) in [4.78, 5) is 8.87. The largest absolute Gasteiger partial charge is 0.354 e. The molecule has 26 heavy (non-hydrogen) atoms. The fourth-order valence-corrected chi connectivity index (χ4v) is 2.73. The van der Waals surface area contributed by atoms with Gasteiger partial charge in [-0.3, -0.25) is 0 Å². The lowest BCUT2D eigenvalue weighted by molar-refractivity contribution is 0.625. The van der Waals surface area contributed by atoms with Crippen molar-refractivity contribution in [2.75, 3.05) is 18.4 Å². The molecule has 0 amide bonds. The predicted molar refractivity (Wildman–Crippen MR) is 103 cm³/mol. The normalized spacial score (nSPS) is 10.7. The lowest BCUT2D eigenvalue weighted by Gasteiger charge is -2.08. The van der Waals surface area contributed by atoms with Crippen LogP contribution in [0.15, 0.2) is 60.8 Å². The number of benzene rings is 2. The van der Waals surface area contributed by atoms with Crippen LogP contribution >= 0.6 is 0 Å². The molecular formula is C21H23FN4. The summed E-state index contributed by atoms with van der Waals surface area (Å²) in [6.07, 6.45) is 2.47. The second kappa shape index (κ2) is 9.06. The molecule has 134 valence electrons. The van der Waals surface area contributed by atoms with Crippen molar-refractivity contribution in [3.63, 3.8) is 0 Å². The summed E-state index contributed by atoms with van der Waals surface area (Å²) >= 11 is 0. The molecule has 3 aromatic rings. The number of aromatic nitrogens is 2. The molecule has 1 heterocycles. The van der Waals surface area contributed by atoms with Gasteiger partial charge >= 0.3 is 0 Å². The molecule has 4 nitrogen and oxygen atoms in total. The molecule has 0 atom stereocenters. The highest BCUT2D eigenvalue weighted by molar-refractivity contribution is 5.60. The average molecular weight is 350 g/mol. The lowest BCUT2D eigenvalue weighted by Crippen LogP contribution is -2.11. The molecule has 5 heteroatoms. The molecule has 3 rings (SSSR count). The van der Waals surface area contributed by atoms with Gasteiger partial charge in [0, 0.05) is 24.8 Å². The maximum absolute atomic E-state index is 13.2. The zero-order valence-electron chi connectivity index (χ0n) is 14.9. The fourth-order valence-electron chi connectivity index (χ4n) is 2.73. The zero-order chi connectivity index (χ0) is 18.2. The van der Waals surface area contributed by atoms with E-state index in [0.717, 1.165) is 29.9 Å². The molecule has 0 bridgehead atoms. The topological polar surface area (TPSA) is 49.8 Å². The van der Waals surface area contributed by atoms with Gasteiger partial charge in [0.2, 0.25) is 5.95 Å². The van der Waals surface area contributed by atoms with Gasteiger partial charge in [-0.05, 0) is 48.4 Å². The van der Waals surface area contributed by atoms with Crippen LogP contribution in [0.25, 0.3) is 11.3 Å². The summed E-state index contributed by atoms with van der Waals surface area (Å²) in [6, 6.07) is 16.9. The van der Waals surface area contributed by atoms with Gasteiger partial charge in [0.25, 0.3) is 0 Å². The number of hydrogen-bond acceptors (Lipinski definition) is 4. The molecule has 0 saturated heterocycles. The second-order valence-electron chi connectivity index (χ2n) is 6.05. The van der Waals surface area contributed by atoms with E-state index in [1.165, 1.54) is 11.6 Å². The monoisotopic (exact) mass is 350 g/mol. The Hall–Kier alpha value is -2.79. The third-order valence-corrected chi connectivity index (χ3v) is 4.04. The van der Waals surface area contributed by atoms with Crippen LogP contribution in [0.2, 0.25) is 0 Å². The number of nitrogens with one attached hydrogen (secondary N) is 2. The zero-order valence-corrected chi connectivity index (χ0v) is 14.9. The van der Waals surface area contributed by atoms with Crippen LogP contribution in [-0.4, -0.2) is 23.1 Å². The molecule has 2 N–H and O–H groups in total. The predicted octanol–water partition coefficient (Wildman–Crippen LogP) is 4.05. The molecule has 0 radical (unpaired) electrons. The van der Waals surface area contributed by atoms with Gasteiger partial charge in [-0.15, -0.1) is 0 Å². The number of nitrogens with zero attached hydrogens (tertiary/aromatic N) is 2. The number of anilines is 1. The van der Waals surface area contributed by atoms with Gasteiger partial charge in [0.05, 0.1) is 5.69 Å². The van der Waals surface area contributed by atoms with Gasteiger partial charge in [0.1, 0.15) is 5.82 Å². The Bertz CT molecular complexity index is 851. The van der Waals surface area contributed by atoms with Crippen LogP contribution in [-0.2, 0) is 13.0 Å². The summed E-state index contributed by atoms with van der Waals surface area (Å²) in [5, 5.41) is 6.54. The lowest BCUT2D eigenvalue weighted by atomic mass is 10.1. The van der Waals surface area contributed by atoms with E-state index in [-0.39, 0.29) is 5.82 Å². The van der Waals surface area contributed by atoms with Crippen molar-refractivity contribution in [2.45, 2.75) is 19.9 Å². The smallest absolute Gasteiger partial charge is 0.223 e. The SMILES string of the molecule is CCNCc1cccc(-c2ccnc(NCCc3cccc(F)c3)n2)c1. The van der Waals surface area contributed by atoms with Gasteiger partial charge < -0.3 is 10.6 Å². The first-order chi connectivity index (χ1) is 12.7. The van der Waals surface area contributed by atoms with Crippen LogP contribution in [0.5, 0.6) is 0 Å². The van der Waals surface area contributed by atoms with Crippen molar-refractivity contribution < 1.29 is 4.39 Å². The van der Waals surface area contributed by atoms with Gasteiger partial charge in [-0.25, -0.2) is 14.4 Å². The van der Waals surface area contributed by atoms with Crippen molar-refractivity contribution in [3.8, 4) is 11.3 Å². The summed E-state index contributed by atoms with van der Waals surface area (Å²) in [7, 11) is 0. The van der Waals surface area contributed by atoms with E-state index in [4.69, 9.17) is 0 Å². The van der Waals surface area contributed by atoms with Gasteiger partial charge in [-0.2, -0.15) is 0 Å². The average Bonchev–Trinajstić information content (AvgIpc) is 2.67. The van der Waals surface area contributed by atoms with Crippen molar-refractivity contribution in [2.24, 2.45) is 0 Å². The Balaban J connectivity index is 1.64. The molecular weight excluding hydrogens is 327 g/mol. The van der Waals surface area contributed by atoms with Crippen LogP contribution in [0.1, 0.15) is 18.1 Å². The minimum Gasteiger partial charge on any atom is -0.354 e. The number of halogens is 1. The Kier molecular flexibility index (Phi) is 6.28. The maximum atomic E-state index is 13.2. The highest BCUT2D eigenvalue weighted by Gasteiger charge is 2.04. The fraction of sp³-hybridized carbons (Fsp3) is 0.238. The minimum atomic E-state index is -0.210. The standard InChI is InChI=1S/C21H23FN4/c1-2-23-15-17-6-3-7-18(13-17)20-10-12-25-21(26-20)24-11-9-16-5-4-8-19(22)14-16/h3-8,10,12-14,23H,2,9,11,15H2,1H3,(H,24,25,26). The molecule has 0 saturated carbocycles. The highest BCUT2D eigenvalue weighted by atomic mass is 19.1. The Morgan fingerprint density at radius 2 is 1.85 bits per heavy atom. The molecule has 0 aliphatic rings. The highest BCUT2D eigenvalue weighted by Crippen LogP contribution is 2.19. The van der Waals surface area contributed by atoms with Crippen molar-refractivity contribution >= 4 is 5.95 Å². The van der Waals surface area contributed by atoms with Gasteiger partial charge in [0.15, 0.2) is 0 Å². The molecule has 2 aromatic carbocycles. The van der Waals surface area contributed by atoms with Crippen LogP contribution in [0.3, 0.4) is 0 Å². The summed E-state index contributed by atoms with van der Waals surface area (Å²) < 4.78 is 13.2. The Morgan fingerprint density at radius 1 is 1.00 bits per heavy atom. The summed E-state index contributed by atoms with van der Waals surface area (Å²) in [5.41, 5.74) is 4.12. The van der Waals surface area contributed by atoms with E-state index in [9.17, 15) is 4.39 Å². The van der Waals surface area contributed by atoms with Crippen molar-refractivity contribution in [1.82, 2.24) is 15.3 Å². The van der Waals surface area contributed by atoms with E-state index >= 15 is 0 Å². The van der Waals surface area contributed by atoms with Crippen LogP contribution < -0.4 is 10.6 Å². The Morgan fingerprint density at radius 3 is 2.69 bits per heavy atom. The first kappa shape index (κ1) is 18.0. The third-order valence-electron chi connectivity index (χ3n) is 4.04. The van der Waals surface area contributed by atoms with E-state index < -0.39 is 0 Å². The van der Waals surface area contributed by atoms with Gasteiger partial charge in [-0.1, -0.05) is 37.3 Å². The molecule has 0 unspecified atom stereocenters. The van der Waals surface area contributed by atoms with Crippen LogP contribution in [0, 0.1) is 5.82 Å². The third kappa shape index (κ3) is 5.10. The summed E-state index contributed by atoms with van der Waals surface area (Å²) in [6.45, 7) is 4.52. The molecule has 0 fully saturated rings. The number of hydrogen-bond donors (Lipinski definition) is 2. The van der Waals surface area contributed by atoms with Crippen molar-refractivity contribution in [1.29, 1.82) is 0 Å². The minimum absolute atomic E-state index is 0.210. The quantitative estimate of drug-likeness (QED) is 0.644. The van der Waals surface area contributed by atoms with E-state index in [2.05, 4.69) is 39.7 Å². The maximum Gasteiger partial charge on any atom is 0.223 e. The van der Waals surface area contributed by atoms with E-state index in [1.807, 2.05) is 24.3 Å².